The highest BCUT2D eigenvalue weighted by Crippen LogP contribution is 2.20. The number of piperidine rings is 1. The molecule has 0 aromatic carbocycles. The Balaban J connectivity index is 2.35. The number of hydrogen-bond acceptors (Lipinski definition) is 1. The van der Waals surface area contributed by atoms with Crippen LogP contribution in [0.1, 0.15) is 39.5 Å². The molecule has 0 aliphatic carbocycles. The zero-order valence-corrected chi connectivity index (χ0v) is 10.5. The third kappa shape index (κ3) is 3.59. The van der Waals surface area contributed by atoms with Gasteiger partial charge in [-0.1, -0.05) is 36.2 Å². The van der Waals surface area contributed by atoms with Crippen LogP contribution in [0.3, 0.4) is 0 Å². The molecule has 0 amide bonds. The van der Waals surface area contributed by atoms with Gasteiger partial charge >= 0.3 is 0 Å². The minimum Gasteiger partial charge on any atom is -0.300 e. The summed E-state index contributed by atoms with van der Waals surface area (Å²) in [5.74, 6) is 0.798. The average molecular weight is 248 g/mol. The molecular weight excluding hydrogens is 226 g/mol. The van der Waals surface area contributed by atoms with Gasteiger partial charge in [-0.25, -0.2) is 0 Å². The van der Waals surface area contributed by atoms with Crippen LogP contribution in [-0.2, 0) is 0 Å². The third-order valence-corrected chi connectivity index (χ3v) is 4.14. The van der Waals surface area contributed by atoms with Gasteiger partial charge in [-0.2, -0.15) is 0 Å². The van der Waals surface area contributed by atoms with Crippen LogP contribution in [0.2, 0.25) is 0 Å². The highest BCUT2D eigenvalue weighted by Gasteiger charge is 2.21. The number of likely N-dealkylation sites (tertiary alicyclic amines) is 1. The van der Waals surface area contributed by atoms with Gasteiger partial charge in [0, 0.05) is 17.9 Å². The Hall–Kier alpha value is 0.440. The van der Waals surface area contributed by atoms with Gasteiger partial charge in [0.25, 0.3) is 0 Å². The quantitative estimate of drug-likeness (QED) is 0.690. The van der Waals surface area contributed by atoms with Crippen molar-refractivity contribution >= 4 is 15.9 Å². The molecule has 2 unspecified atom stereocenters. The largest absolute Gasteiger partial charge is 0.300 e. The molecule has 0 radical (unpaired) electrons. The second-order valence-electron chi connectivity index (χ2n) is 4.31. The fourth-order valence-corrected chi connectivity index (χ4v) is 2.42. The van der Waals surface area contributed by atoms with Gasteiger partial charge in [0.15, 0.2) is 0 Å². The van der Waals surface area contributed by atoms with E-state index in [0.29, 0.717) is 0 Å². The molecule has 0 spiro atoms. The summed E-state index contributed by atoms with van der Waals surface area (Å²) in [5, 5.41) is 1.14. The van der Waals surface area contributed by atoms with E-state index in [4.69, 9.17) is 0 Å². The van der Waals surface area contributed by atoms with Crippen LogP contribution in [0.4, 0.5) is 0 Å². The number of hydrogen-bond donors (Lipinski definition) is 0. The number of nitrogens with zero attached hydrogens (tertiary/aromatic N) is 1. The van der Waals surface area contributed by atoms with E-state index < -0.39 is 0 Å². The van der Waals surface area contributed by atoms with Crippen LogP contribution in [0, 0.1) is 5.92 Å². The molecule has 1 rings (SSSR count). The van der Waals surface area contributed by atoms with Crippen LogP contribution < -0.4 is 0 Å². The SMILES string of the molecule is CCC1CCCCN1CC(C)CBr. The van der Waals surface area contributed by atoms with E-state index in [0.717, 1.165) is 17.3 Å². The molecule has 0 aromatic heterocycles. The predicted molar refractivity (Wildman–Crippen MR) is 62.5 cm³/mol. The van der Waals surface area contributed by atoms with Crippen LogP contribution in [0.5, 0.6) is 0 Å². The van der Waals surface area contributed by atoms with Crippen LogP contribution in [0.25, 0.3) is 0 Å². The lowest BCUT2D eigenvalue weighted by atomic mass is 9.99. The summed E-state index contributed by atoms with van der Waals surface area (Å²) < 4.78 is 0. The van der Waals surface area contributed by atoms with E-state index in [1.165, 1.54) is 38.8 Å². The predicted octanol–water partition coefficient (Wildman–Crippen LogP) is 3.28. The first kappa shape index (κ1) is 11.5. The molecule has 1 fully saturated rings. The first-order chi connectivity index (χ1) is 6.27. The van der Waals surface area contributed by atoms with E-state index in [2.05, 4.69) is 34.7 Å². The molecule has 0 bridgehead atoms. The molecule has 0 saturated carbocycles. The maximum atomic E-state index is 3.56. The van der Waals surface area contributed by atoms with E-state index >= 15 is 0 Å². The molecular formula is C11H22BrN. The maximum absolute atomic E-state index is 3.56. The Bertz CT molecular complexity index is 138. The van der Waals surface area contributed by atoms with Gasteiger partial charge in [-0.3, -0.25) is 0 Å². The highest BCUT2D eigenvalue weighted by molar-refractivity contribution is 9.09. The van der Waals surface area contributed by atoms with Gasteiger partial charge in [0.05, 0.1) is 0 Å². The van der Waals surface area contributed by atoms with Crippen molar-refractivity contribution in [2.24, 2.45) is 5.92 Å². The zero-order chi connectivity index (χ0) is 9.68. The lowest BCUT2D eigenvalue weighted by Gasteiger charge is -2.36. The molecule has 78 valence electrons. The summed E-state index contributed by atoms with van der Waals surface area (Å²) in [6.07, 6.45) is 5.60. The van der Waals surface area contributed by atoms with Gasteiger partial charge in [0.2, 0.25) is 0 Å². The van der Waals surface area contributed by atoms with Crippen molar-refractivity contribution in [1.82, 2.24) is 4.90 Å². The van der Waals surface area contributed by atoms with Crippen molar-refractivity contribution in [3.63, 3.8) is 0 Å². The van der Waals surface area contributed by atoms with E-state index in [-0.39, 0.29) is 0 Å². The molecule has 2 atom stereocenters. The Morgan fingerprint density at radius 2 is 2.23 bits per heavy atom. The standard InChI is InChI=1S/C11H22BrN/c1-3-11-6-4-5-7-13(11)9-10(2)8-12/h10-11H,3-9H2,1-2H3. The molecule has 0 aromatic rings. The third-order valence-electron chi connectivity index (χ3n) is 3.03. The lowest BCUT2D eigenvalue weighted by molar-refractivity contribution is 0.129. The van der Waals surface area contributed by atoms with Gasteiger partial charge in [-0.05, 0) is 31.7 Å². The monoisotopic (exact) mass is 247 g/mol. The van der Waals surface area contributed by atoms with Gasteiger partial charge in [-0.15, -0.1) is 0 Å². The summed E-state index contributed by atoms with van der Waals surface area (Å²) in [5.41, 5.74) is 0. The minimum atomic E-state index is 0.798. The van der Waals surface area contributed by atoms with Crippen LogP contribution >= 0.6 is 15.9 Å². The average Bonchev–Trinajstić information content (AvgIpc) is 2.18. The zero-order valence-electron chi connectivity index (χ0n) is 8.93. The second kappa shape index (κ2) is 6.02. The molecule has 13 heavy (non-hydrogen) atoms. The van der Waals surface area contributed by atoms with E-state index in [1.54, 1.807) is 0 Å². The topological polar surface area (TPSA) is 3.24 Å². The maximum Gasteiger partial charge on any atom is 0.00927 e. The lowest BCUT2D eigenvalue weighted by Crippen LogP contribution is -2.41. The Kier molecular flexibility index (Phi) is 5.34. The Morgan fingerprint density at radius 1 is 1.46 bits per heavy atom. The molecule has 1 aliphatic heterocycles. The van der Waals surface area contributed by atoms with Crippen molar-refractivity contribution in [2.75, 3.05) is 18.4 Å². The van der Waals surface area contributed by atoms with Gasteiger partial charge < -0.3 is 4.90 Å². The molecule has 1 nitrogen and oxygen atoms in total. The summed E-state index contributed by atoms with van der Waals surface area (Å²) in [4.78, 5) is 2.69. The highest BCUT2D eigenvalue weighted by atomic mass is 79.9. The summed E-state index contributed by atoms with van der Waals surface area (Å²) in [6, 6.07) is 0.871. The van der Waals surface area contributed by atoms with Crippen LogP contribution in [0.15, 0.2) is 0 Å². The van der Waals surface area contributed by atoms with E-state index in [9.17, 15) is 0 Å². The molecule has 1 heterocycles. The minimum absolute atomic E-state index is 0.798. The first-order valence-corrected chi connectivity index (χ1v) is 6.70. The molecule has 1 aliphatic rings. The summed E-state index contributed by atoms with van der Waals surface area (Å²) in [7, 11) is 0. The molecule has 0 N–H and O–H groups in total. The normalized spacial score (nSPS) is 27.5. The van der Waals surface area contributed by atoms with E-state index in [1.807, 2.05) is 0 Å². The Labute approximate surface area is 91.0 Å². The van der Waals surface area contributed by atoms with Crippen molar-refractivity contribution in [1.29, 1.82) is 0 Å². The summed E-state index contributed by atoms with van der Waals surface area (Å²) >= 11 is 3.56. The summed E-state index contributed by atoms with van der Waals surface area (Å²) in [6.45, 7) is 7.26. The van der Waals surface area contributed by atoms with Crippen molar-refractivity contribution in [2.45, 2.75) is 45.6 Å². The number of rotatable bonds is 4. The van der Waals surface area contributed by atoms with Crippen molar-refractivity contribution in [3.05, 3.63) is 0 Å². The first-order valence-electron chi connectivity index (χ1n) is 5.58. The van der Waals surface area contributed by atoms with Crippen molar-refractivity contribution in [3.8, 4) is 0 Å². The van der Waals surface area contributed by atoms with Gasteiger partial charge in [0.1, 0.15) is 0 Å². The Morgan fingerprint density at radius 3 is 2.85 bits per heavy atom. The fraction of sp³-hybridized carbons (Fsp3) is 1.00. The van der Waals surface area contributed by atoms with Crippen molar-refractivity contribution < 1.29 is 0 Å². The number of halogens is 1. The molecule has 2 heteroatoms. The smallest absolute Gasteiger partial charge is 0.00927 e. The van der Waals surface area contributed by atoms with Crippen LogP contribution in [-0.4, -0.2) is 29.4 Å². The number of alkyl halides is 1. The second-order valence-corrected chi connectivity index (χ2v) is 4.96. The fourth-order valence-electron chi connectivity index (χ4n) is 2.21. The molecule has 1 saturated heterocycles.